The van der Waals surface area contributed by atoms with Gasteiger partial charge in [0.1, 0.15) is 10.1 Å². The molecule has 0 unspecified atom stereocenters. The molecular formula is C24H22N2O3S. The first-order chi connectivity index (χ1) is 14.3. The SMILES string of the molecule is CC1(C)C(/C=C/Nc2ccccc2)=[N+](c2ccccc2)c2ccc(S(=O)(=O)[O-])cc21. The lowest BCUT2D eigenvalue weighted by Crippen LogP contribution is -2.28. The molecule has 0 aliphatic carbocycles. The van der Waals surface area contributed by atoms with Crippen LogP contribution in [0.2, 0.25) is 0 Å². The van der Waals surface area contributed by atoms with Gasteiger partial charge in [-0.25, -0.2) is 8.42 Å². The van der Waals surface area contributed by atoms with Gasteiger partial charge in [0, 0.05) is 41.7 Å². The van der Waals surface area contributed by atoms with Crippen LogP contribution in [0.15, 0.2) is 96.0 Å². The zero-order chi connectivity index (χ0) is 21.4. The van der Waals surface area contributed by atoms with Crippen LogP contribution in [0.25, 0.3) is 0 Å². The van der Waals surface area contributed by atoms with Crippen LogP contribution in [0.4, 0.5) is 17.1 Å². The number of hydrogen-bond donors (Lipinski definition) is 1. The summed E-state index contributed by atoms with van der Waals surface area (Å²) < 4.78 is 36.9. The third-order valence-corrected chi connectivity index (χ3v) is 6.16. The maximum absolute atomic E-state index is 11.6. The molecule has 4 rings (SSSR count). The van der Waals surface area contributed by atoms with E-state index in [0.29, 0.717) is 0 Å². The number of benzene rings is 3. The number of fused-ring (bicyclic) bond motifs is 1. The average Bonchev–Trinajstić information content (AvgIpc) is 2.95. The van der Waals surface area contributed by atoms with Gasteiger partial charge in [-0.05, 0) is 38.1 Å². The topological polar surface area (TPSA) is 72.2 Å². The standard InChI is InChI=1S/C24H22N2O3S/c1-24(2)21-17-20(30(27,28)29)13-14-22(21)26(19-11-7-4-8-12-19)23(24)15-16-25-18-9-5-3-6-10-18/h3-17H,1-2H3,(H,27,28,29). The maximum Gasteiger partial charge on any atom is 0.215 e. The minimum atomic E-state index is -4.54. The molecule has 5 nitrogen and oxygen atoms in total. The second-order valence-electron chi connectivity index (χ2n) is 7.66. The summed E-state index contributed by atoms with van der Waals surface area (Å²) in [5, 5.41) is 3.27. The third kappa shape index (κ3) is 3.67. The molecule has 0 aromatic heterocycles. The highest BCUT2D eigenvalue weighted by Crippen LogP contribution is 2.42. The predicted octanol–water partition coefficient (Wildman–Crippen LogP) is 4.78. The fraction of sp³-hybridized carbons (Fsp3) is 0.125. The zero-order valence-electron chi connectivity index (χ0n) is 16.7. The Morgan fingerprint density at radius 1 is 0.933 bits per heavy atom. The highest BCUT2D eigenvalue weighted by atomic mass is 32.2. The largest absolute Gasteiger partial charge is 0.744 e. The molecule has 0 spiro atoms. The summed E-state index contributed by atoms with van der Waals surface area (Å²) in [4.78, 5) is -0.213. The summed E-state index contributed by atoms with van der Waals surface area (Å²) >= 11 is 0. The van der Waals surface area contributed by atoms with Crippen molar-refractivity contribution in [2.24, 2.45) is 0 Å². The van der Waals surface area contributed by atoms with E-state index < -0.39 is 15.5 Å². The molecule has 30 heavy (non-hydrogen) atoms. The van der Waals surface area contributed by atoms with E-state index in [1.165, 1.54) is 12.1 Å². The van der Waals surface area contributed by atoms with E-state index >= 15 is 0 Å². The Balaban J connectivity index is 1.85. The summed E-state index contributed by atoms with van der Waals surface area (Å²) in [6.07, 6.45) is 3.87. The molecule has 0 atom stereocenters. The Kier molecular flexibility index (Phi) is 5.05. The molecule has 0 radical (unpaired) electrons. The molecule has 3 aromatic rings. The van der Waals surface area contributed by atoms with Crippen molar-refractivity contribution in [1.29, 1.82) is 0 Å². The number of anilines is 1. The Hall–Kier alpha value is -3.22. The van der Waals surface area contributed by atoms with Crippen LogP contribution < -0.4 is 9.89 Å². The molecule has 1 aliphatic heterocycles. The van der Waals surface area contributed by atoms with Crippen molar-refractivity contribution in [1.82, 2.24) is 4.58 Å². The summed E-state index contributed by atoms with van der Waals surface area (Å²) in [5.74, 6) is 0. The van der Waals surface area contributed by atoms with Crippen LogP contribution in [0, 0.1) is 0 Å². The van der Waals surface area contributed by atoms with E-state index in [0.717, 1.165) is 28.3 Å². The Bertz CT molecular complexity index is 1250. The highest BCUT2D eigenvalue weighted by molar-refractivity contribution is 7.85. The average molecular weight is 419 g/mol. The van der Waals surface area contributed by atoms with Crippen molar-refractivity contribution in [3.8, 4) is 0 Å². The van der Waals surface area contributed by atoms with Crippen molar-refractivity contribution in [3.05, 3.63) is 96.7 Å². The fourth-order valence-corrected chi connectivity index (χ4v) is 4.30. The van der Waals surface area contributed by atoms with E-state index in [2.05, 4.69) is 9.89 Å². The van der Waals surface area contributed by atoms with E-state index in [4.69, 9.17) is 0 Å². The third-order valence-electron chi connectivity index (χ3n) is 5.33. The highest BCUT2D eigenvalue weighted by Gasteiger charge is 2.45. The number of hydrogen-bond acceptors (Lipinski definition) is 4. The Morgan fingerprint density at radius 2 is 1.57 bits per heavy atom. The van der Waals surface area contributed by atoms with Gasteiger partial charge in [0.05, 0.1) is 10.3 Å². The van der Waals surface area contributed by atoms with Gasteiger partial charge in [-0.1, -0.05) is 36.4 Å². The van der Waals surface area contributed by atoms with Crippen LogP contribution in [0.3, 0.4) is 0 Å². The van der Waals surface area contributed by atoms with Gasteiger partial charge in [0.15, 0.2) is 5.71 Å². The van der Waals surface area contributed by atoms with Gasteiger partial charge in [0.25, 0.3) is 0 Å². The molecule has 0 fully saturated rings. The first-order valence-corrected chi connectivity index (χ1v) is 11.0. The summed E-state index contributed by atoms with van der Waals surface area (Å²) in [7, 11) is -4.54. The van der Waals surface area contributed by atoms with Crippen molar-refractivity contribution in [2.45, 2.75) is 24.2 Å². The molecule has 0 saturated heterocycles. The number of allylic oxidation sites excluding steroid dienone is 1. The number of nitrogens with zero attached hydrogens (tertiary/aromatic N) is 1. The molecule has 6 heteroatoms. The van der Waals surface area contributed by atoms with Crippen molar-refractivity contribution >= 4 is 32.9 Å². The molecule has 0 bridgehead atoms. The molecule has 1 aliphatic rings. The van der Waals surface area contributed by atoms with Crippen molar-refractivity contribution < 1.29 is 13.0 Å². The van der Waals surface area contributed by atoms with E-state index in [1.54, 1.807) is 6.07 Å². The zero-order valence-corrected chi connectivity index (χ0v) is 17.6. The number of nitrogens with one attached hydrogen (secondary N) is 1. The number of rotatable bonds is 5. The first kappa shape index (κ1) is 20.1. The lowest BCUT2D eigenvalue weighted by Gasteiger charge is -2.17. The van der Waals surface area contributed by atoms with Crippen LogP contribution in [-0.4, -0.2) is 18.7 Å². The Morgan fingerprint density at radius 3 is 2.20 bits per heavy atom. The molecule has 1 heterocycles. The van der Waals surface area contributed by atoms with Gasteiger partial charge >= 0.3 is 0 Å². The van der Waals surface area contributed by atoms with Gasteiger partial charge in [-0.3, -0.25) is 0 Å². The molecule has 152 valence electrons. The molecular weight excluding hydrogens is 396 g/mol. The fourth-order valence-electron chi connectivity index (χ4n) is 3.80. The smallest absolute Gasteiger partial charge is 0.215 e. The number of para-hydroxylation sites is 2. The van der Waals surface area contributed by atoms with Gasteiger partial charge in [-0.15, -0.1) is 0 Å². The normalized spacial score (nSPS) is 15.4. The molecule has 0 amide bonds. The van der Waals surface area contributed by atoms with Crippen LogP contribution in [-0.2, 0) is 15.5 Å². The summed E-state index contributed by atoms with van der Waals surface area (Å²) in [5.41, 5.74) is 4.03. The summed E-state index contributed by atoms with van der Waals surface area (Å²) in [6, 6.07) is 24.3. The lowest BCUT2D eigenvalue weighted by atomic mass is 9.81. The predicted molar refractivity (Wildman–Crippen MR) is 120 cm³/mol. The monoisotopic (exact) mass is 418 g/mol. The van der Waals surface area contributed by atoms with Gasteiger partial charge < -0.3 is 9.87 Å². The molecule has 3 aromatic carbocycles. The maximum atomic E-state index is 11.6. The summed E-state index contributed by atoms with van der Waals surface area (Å²) in [6.45, 7) is 4.05. The quantitative estimate of drug-likeness (QED) is 0.478. The second kappa shape index (κ2) is 7.55. The lowest BCUT2D eigenvalue weighted by molar-refractivity contribution is 0.463. The Labute approximate surface area is 176 Å². The van der Waals surface area contributed by atoms with Gasteiger partial charge in [0.2, 0.25) is 11.4 Å². The second-order valence-corrected chi connectivity index (χ2v) is 9.04. The minimum Gasteiger partial charge on any atom is -0.744 e. The molecule has 1 N–H and O–H groups in total. The van der Waals surface area contributed by atoms with E-state index in [-0.39, 0.29) is 4.90 Å². The van der Waals surface area contributed by atoms with Gasteiger partial charge in [-0.2, -0.15) is 4.58 Å². The first-order valence-electron chi connectivity index (χ1n) is 9.60. The van der Waals surface area contributed by atoms with Crippen LogP contribution in [0.1, 0.15) is 19.4 Å². The van der Waals surface area contributed by atoms with E-state index in [9.17, 15) is 13.0 Å². The minimum absolute atomic E-state index is 0.213. The van der Waals surface area contributed by atoms with Crippen molar-refractivity contribution in [3.63, 3.8) is 0 Å². The van der Waals surface area contributed by atoms with Crippen molar-refractivity contribution in [2.75, 3.05) is 5.32 Å². The van der Waals surface area contributed by atoms with Crippen LogP contribution in [0.5, 0.6) is 0 Å². The van der Waals surface area contributed by atoms with E-state index in [1.807, 2.05) is 86.8 Å². The van der Waals surface area contributed by atoms with Crippen LogP contribution >= 0.6 is 0 Å². The molecule has 0 saturated carbocycles.